The molecule has 0 aliphatic carbocycles. The van der Waals surface area contributed by atoms with Crippen molar-refractivity contribution in [2.75, 3.05) is 25.5 Å². The number of amides is 1. The Morgan fingerprint density at radius 2 is 2.12 bits per heavy atom. The van der Waals surface area contributed by atoms with Crippen molar-refractivity contribution in [3.8, 4) is 0 Å². The Morgan fingerprint density at radius 3 is 2.59 bits per heavy atom. The van der Waals surface area contributed by atoms with Gasteiger partial charge in [0.2, 0.25) is 0 Å². The van der Waals surface area contributed by atoms with Crippen molar-refractivity contribution < 1.29 is 4.79 Å². The molecule has 0 fully saturated rings. The molecule has 0 aromatic carbocycles. The summed E-state index contributed by atoms with van der Waals surface area (Å²) in [7, 11) is 3.84. The van der Waals surface area contributed by atoms with Crippen molar-refractivity contribution in [2.24, 2.45) is 5.92 Å². The van der Waals surface area contributed by atoms with Crippen LogP contribution in [0.2, 0.25) is 0 Å². The fraction of sp³-hybridized carbons (Fsp3) is 0.538. The van der Waals surface area contributed by atoms with Crippen molar-refractivity contribution in [1.82, 2.24) is 10.3 Å². The molecule has 1 aromatic heterocycles. The summed E-state index contributed by atoms with van der Waals surface area (Å²) in [6, 6.07) is 3.64. The Balaban J connectivity index is 2.52. The average molecular weight is 235 g/mol. The van der Waals surface area contributed by atoms with E-state index < -0.39 is 0 Å². The molecular formula is C13H21N3O. The maximum absolute atomic E-state index is 11.7. The lowest BCUT2D eigenvalue weighted by atomic mass is 10.1. The van der Waals surface area contributed by atoms with E-state index in [0.29, 0.717) is 18.0 Å². The first-order valence-electron chi connectivity index (χ1n) is 5.92. The molecule has 0 saturated carbocycles. The molecule has 0 unspecified atom stereocenters. The maximum atomic E-state index is 11.7. The van der Waals surface area contributed by atoms with Crippen LogP contribution in [0.5, 0.6) is 0 Å². The molecule has 1 N–H and O–H groups in total. The first-order chi connectivity index (χ1) is 8.00. The Hall–Kier alpha value is -1.58. The number of anilines is 1. The lowest BCUT2D eigenvalue weighted by Gasteiger charge is -2.11. The quantitative estimate of drug-likeness (QED) is 0.848. The Bertz CT molecular complexity index is 357. The van der Waals surface area contributed by atoms with E-state index in [0.717, 1.165) is 12.2 Å². The van der Waals surface area contributed by atoms with Gasteiger partial charge in [0, 0.05) is 26.8 Å². The summed E-state index contributed by atoms with van der Waals surface area (Å²) >= 11 is 0. The minimum Gasteiger partial charge on any atom is -0.363 e. The highest BCUT2D eigenvalue weighted by atomic mass is 16.1. The molecule has 4 nitrogen and oxygen atoms in total. The molecule has 0 spiro atoms. The number of carbonyl (C=O) groups is 1. The molecule has 0 aliphatic heterocycles. The largest absolute Gasteiger partial charge is 0.363 e. The third kappa shape index (κ3) is 4.43. The summed E-state index contributed by atoms with van der Waals surface area (Å²) < 4.78 is 0. The monoisotopic (exact) mass is 235 g/mol. The van der Waals surface area contributed by atoms with Gasteiger partial charge in [0.05, 0.1) is 5.56 Å². The summed E-state index contributed by atoms with van der Waals surface area (Å²) in [5, 5.41) is 2.89. The smallest absolute Gasteiger partial charge is 0.252 e. The third-order valence-electron chi connectivity index (χ3n) is 2.48. The zero-order valence-electron chi connectivity index (χ0n) is 11.0. The fourth-order valence-corrected chi connectivity index (χ4v) is 1.36. The highest BCUT2D eigenvalue weighted by Crippen LogP contribution is 2.07. The van der Waals surface area contributed by atoms with Crippen molar-refractivity contribution in [1.29, 1.82) is 0 Å². The molecule has 4 heteroatoms. The topological polar surface area (TPSA) is 45.2 Å². The van der Waals surface area contributed by atoms with Gasteiger partial charge in [-0.25, -0.2) is 4.98 Å². The van der Waals surface area contributed by atoms with Crippen LogP contribution in [-0.2, 0) is 0 Å². The van der Waals surface area contributed by atoms with Crippen LogP contribution >= 0.6 is 0 Å². The van der Waals surface area contributed by atoms with Gasteiger partial charge in [0.1, 0.15) is 5.82 Å². The zero-order valence-corrected chi connectivity index (χ0v) is 11.0. The highest BCUT2D eigenvalue weighted by molar-refractivity contribution is 5.94. The second-order valence-electron chi connectivity index (χ2n) is 4.74. The fourth-order valence-electron chi connectivity index (χ4n) is 1.36. The van der Waals surface area contributed by atoms with Crippen molar-refractivity contribution in [3.63, 3.8) is 0 Å². The maximum Gasteiger partial charge on any atom is 0.252 e. The molecule has 0 saturated heterocycles. The first kappa shape index (κ1) is 13.5. The van der Waals surface area contributed by atoms with E-state index in [4.69, 9.17) is 0 Å². The van der Waals surface area contributed by atoms with E-state index in [9.17, 15) is 4.79 Å². The van der Waals surface area contributed by atoms with Crippen LogP contribution in [0.15, 0.2) is 18.3 Å². The van der Waals surface area contributed by atoms with E-state index in [2.05, 4.69) is 24.1 Å². The van der Waals surface area contributed by atoms with Gasteiger partial charge in [-0.1, -0.05) is 13.8 Å². The molecule has 0 radical (unpaired) electrons. The van der Waals surface area contributed by atoms with Crippen LogP contribution in [0.1, 0.15) is 30.6 Å². The second-order valence-corrected chi connectivity index (χ2v) is 4.74. The summed E-state index contributed by atoms with van der Waals surface area (Å²) in [4.78, 5) is 17.9. The van der Waals surface area contributed by atoms with Gasteiger partial charge in [-0.2, -0.15) is 0 Å². The molecule has 0 bridgehead atoms. The summed E-state index contributed by atoms with van der Waals surface area (Å²) in [6.07, 6.45) is 2.61. The first-order valence-corrected chi connectivity index (χ1v) is 5.92. The van der Waals surface area contributed by atoms with Crippen molar-refractivity contribution >= 4 is 11.7 Å². The molecule has 1 heterocycles. The molecule has 1 amide bonds. The van der Waals surface area contributed by atoms with Gasteiger partial charge in [-0.15, -0.1) is 0 Å². The Kier molecular flexibility index (Phi) is 4.94. The van der Waals surface area contributed by atoms with Gasteiger partial charge in [-0.3, -0.25) is 4.79 Å². The number of hydrogen-bond acceptors (Lipinski definition) is 3. The number of hydrogen-bond donors (Lipinski definition) is 1. The van der Waals surface area contributed by atoms with E-state index in [-0.39, 0.29) is 5.91 Å². The molecule has 0 aliphatic rings. The third-order valence-corrected chi connectivity index (χ3v) is 2.48. The lowest BCUT2D eigenvalue weighted by Crippen LogP contribution is -2.25. The number of nitrogens with one attached hydrogen (secondary N) is 1. The second kappa shape index (κ2) is 6.23. The van der Waals surface area contributed by atoms with Crippen LogP contribution in [0, 0.1) is 5.92 Å². The van der Waals surface area contributed by atoms with E-state index in [1.165, 1.54) is 0 Å². The van der Waals surface area contributed by atoms with Crippen LogP contribution in [0.25, 0.3) is 0 Å². The standard InChI is InChI=1S/C13H21N3O/c1-10(2)7-8-14-13(17)11-5-6-12(15-9-11)16(3)4/h5-6,9-10H,7-8H2,1-4H3,(H,14,17). The number of aromatic nitrogens is 1. The van der Waals surface area contributed by atoms with E-state index in [1.54, 1.807) is 12.3 Å². The SMILES string of the molecule is CC(C)CCNC(=O)c1ccc(N(C)C)nc1. The van der Waals surface area contributed by atoms with Crippen LogP contribution in [0.3, 0.4) is 0 Å². The minimum absolute atomic E-state index is 0.0524. The molecule has 0 atom stereocenters. The summed E-state index contributed by atoms with van der Waals surface area (Å²) in [6.45, 7) is 4.99. The van der Waals surface area contributed by atoms with Gasteiger partial charge in [0.25, 0.3) is 5.91 Å². The Labute approximate surface area is 103 Å². The molecule has 94 valence electrons. The average Bonchev–Trinajstić information content (AvgIpc) is 2.28. The van der Waals surface area contributed by atoms with Crippen LogP contribution in [-0.4, -0.2) is 31.5 Å². The minimum atomic E-state index is -0.0524. The normalized spacial score (nSPS) is 10.4. The Morgan fingerprint density at radius 1 is 1.41 bits per heavy atom. The van der Waals surface area contributed by atoms with Crippen LogP contribution < -0.4 is 10.2 Å². The lowest BCUT2D eigenvalue weighted by molar-refractivity contribution is 0.0951. The number of carbonyl (C=O) groups excluding carboxylic acids is 1. The van der Waals surface area contributed by atoms with Gasteiger partial charge in [-0.05, 0) is 24.5 Å². The van der Waals surface area contributed by atoms with E-state index in [1.807, 2.05) is 25.1 Å². The molecular weight excluding hydrogens is 214 g/mol. The number of pyridine rings is 1. The van der Waals surface area contributed by atoms with E-state index >= 15 is 0 Å². The van der Waals surface area contributed by atoms with Gasteiger partial charge in [0.15, 0.2) is 0 Å². The molecule has 17 heavy (non-hydrogen) atoms. The molecule has 1 rings (SSSR count). The number of nitrogens with zero attached hydrogens (tertiary/aromatic N) is 2. The van der Waals surface area contributed by atoms with Crippen molar-refractivity contribution in [3.05, 3.63) is 23.9 Å². The van der Waals surface area contributed by atoms with Gasteiger partial charge < -0.3 is 10.2 Å². The van der Waals surface area contributed by atoms with Crippen LogP contribution in [0.4, 0.5) is 5.82 Å². The van der Waals surface area contributed by atoms with Crippen molar-refractivity contribution in [2.45, 2.75) is 20.3 Å². The summed E-state index contributed by atoms with van der Waals surface area (Å²) in [5.41, 5.74) is 0.611. The zero-order chi connectivity index (χ0) is 12.8. The predicted octanol–water partition coefficient (Wildman–Crippen LogP) is 1.92. The number of rotatable bonds is 5. The highest BCUT2D eigenvalue weighted by Gasteiger charge is 2.06. The molecule has 1 aromatic rings. The van der Waals surface area contributed by atoms with Gasteiger partial charge >= 0.3 is 0 Å². The summed E-state index contributed by atoms with van der Waals surface area (Å²) in [5.74, 6) is 1.40. The predicted molar refractivity (Wildman–Crippen MR) is 70.4 cm³/mol.